The molecular weight excluding hydrogens is 262 g/mol. The van der Waals surface area contributed by atoms with Gasteiger partial charge in [0, 0.05) is 13.1 Å². The van der Waals surface area contributed by atoms with Gasteiger partial charge in [-0.1, -0.05) is 30.3 Å². The molecule has 2 bridgehead atoms. The first-order valence-electron chi connectivity index (χ1n) is 6.81. The lowest BCUT2D eigenvalue weighted by Gasteiger charge is -2.21. The molecule has 3 fully saturated rings. The second-order valence-electron chi connectivity index (χ2n) is 5.87. The minimum Gasteiger partial charge on any atom is -0.369 e. The van der Waals surface area contributed by atoms with Crippen molar-refractivity contribution in [1.82, 2.24) is 4.31 Å². The third-order valence-electron chi connectivity index (χ3n) is 4.72. The molecule has 3 atom stereocenters. The molecule has 1 aromatic rings. The summed E-state index contributed by atoms with van der Waals surface area (Å²) < 4.78 is 32.8. The molecule has 3 saturated heterocycles. The lowest BCUT2D eigenvalue weighted by Crippen LogP contribution is -2.38. The average molecular weight is 279 g/mol. The zero-order valence-electron chi connectivity index (χ0n) is 10.7. The molecule has 3 heterocycles. The van der Waals surface area contributed by atoms with Crippen LogP contribution in [0.4, 0.5) is 0 Å². The van der Waals surface area contributed by atoms with Gasteiger partial charge in [-0.05, 0) is 24.8 Å². The molecule has 0 radical (unpaired) electrons. The molecule has 1 spiro atoms. The van der Waals surface area contributed by atoms with E-state index in [-0.39, 0.29) is 11.4 Å². The van der Waals surface area contributed by atoms with E-state index in [1.807, 2.05) is 30.3 Å². The highest BCUT2D eigenvalue weighted by Crippen LogP contribution is 2.52. The fourth-order valence-corrected chi connectivity index (χ4v) is 6.16. The monoisotopic (exact) mass is 279 g/mol. The molecular formula is C14H17NO3S. The zero-order valence-corrected chi connectivity index (χ0v) is 11.5. The van der Waals surface area contributed by atoms with Gasteiger partial charge < -0.3 is 4.74 Å². The Labute approximate surface area is 113 Å². The molecule has 0 unspecified atom stereocenters. The summed E-state index contributed by atoms with van der Waals surface area (Å²) in [4.78, 5) is 0. The second kappa shape index (κ2) is 3.81. The van der Waals surface area contributed by atoms with E-state index in [0.29, 0.717) is 19.5 Å². The van der Waals surface area contributed by atoms with Gasteiger partial charge in [-0.15, -0.1) is 0 Å². The lowest BCUT2D eigenvalue weighted by molar-refractivity contribution is 0.0119. The van der Waals surface area contributed by atoms with E-state index < -0.39 is 15.6 Å². The van der Waals surface area contributed by atoms with Gasteiger partial charge in [0.05, 0.1) is 6.10 Å². The first-order valence-corrected chi connectivity index (χ1v) is 8.31. The molecule has 102 valence electrons. The Hall–Kier alpha value is -0.910. The van der Waals surface area contributed by atoms with Crippen molar-refractivity contribution >= 4 is 10.0 Å². The predicted molar refractivity (Wildman–Crippen MR) is 71.0 cm³/mol. The van der Waals surface area contributed by atoms with Crippen molar-refractivity contribution in [2.45, 2.75) is 42.8 Å². The Morgan fingerprint density at radius 1 is 1.32 bits per heavy atom. The smallest absolute Gasteiger partial charge is 0.220 e. The summed E-state index contributed by atoms with van der Waals surface area (Å²) in [5.74, 6) is 0. The number of sulfonamides is 1. The molecule has 0 aliphatic carbocycles. The molecule has 0 amide bonds. The van der Waals surface area contributed by atoms with Gasteiger partial charge >= 0.3 is 0 Å². The Bertz CT molecular complexity index is 600. The van der Waals surface area contributed by atoms with Gasteiger partial charge in [0.15, 0.2) is 0 Å². The van der Waals surface area contributed by atoms with Crippen LogP contribution in [-0.4, -0.2) is 36.2 Å². The van der Waals surface area contributed by atoms with Crippen LogP contribution in [0.5, 0.6) is 0 Å². The van der Waals surface area contributed by atoms with E-state index in [4.69, 9.17) is 4.74 Å². The van der Waals surface area contributed by atoms with E-state index in [1.165, 1.54) is 0 Å². The van der Waals surface area contributed by atoms with E-state index in [1.54, 1.807) is 4.31 Å². The second-order valence-corrected chi connectivity index (χ2v) is 7.98. The SMILES string of the molecule is O=S1(=O)[C@H]2C[C@@H]3CC[C@@]2(CN1Cc1ccccc1)O3. The molecule has 4 rings (SSSR count). The van der Waals surface area contributed by atoms with Crippen molar-refractivity contribution in [1.29, 1.82) is 0 Å². The van der Waals surface area contributed by atoms with E-state index in [9.17, 15) is 8.42 Å². The maximum absolute atomic E-state index is 12.6. The highest BCUT2D eigenvalue weighted by molar-refractivity contribution is 7.90. The highest BCUT2D eigenvalue weighted by Gasteiger charge is 2.65. The van der Waals surface area contributed by atoms with Gasteiger partial charge in [-0.25, -0.2) is 8.42 Å². The largest absolute Gasteiger partial charge is 0.369 e. The summed E-state index contributed by atoms with van der Waals surface area (Å²) in [5, 5.41) is -0.303. The number of fused-ring (bicyclic) bond motifs is 1. The standard InChI is InChI=1S/C14H17NO3S/c16-19(17)13-8-12-6-7-14(13,18-12)10-15(19)9-11-4-2-1-3-5-11/h1-5,12-13H,6-10H2/t12-,13-,14-/m0/s1. The molecule has 0 N–H and O–H groups in total. The summed E-state index contributed by atoms with van der Waals surface area (Å²) >= 11 is 0. The van der Waals surface area contributed by atoms with Crippen molar-refractivity contribution in [2.24, 2.45) is 0 Å². The van der Waals surface area contributed by atoms with E-state index in [2.05, 4.69) is 0 Å². The Kier molecular flexibility index (Phi) is 2.38. The normalized spacial score (nSPS) is 39.6. The number of nitrogens with zero attached hydrogens (tertiary/aromatic N) is 1. The van der Waals surface area contributed by atoms with Gasteiger partial charge in [0.2, 0.25) is 10.0 Å². The Morgan fingerprint density at radius 2 is 2.11 bits per heavy atom. The third kappa shape index (κ3) is 1.61. The zero-order chi connectivity index (χ0) is 13.1. The fourth-order valence-electron chi connectivity index (χ4n) is 3.82. The summed E-state index contributed by atoms with van der Waals surface area (Å²) in [6.07, 6.45) is 2.78. The number of hydrogen-bond acceptors (Lipinski definition) is 3. The summed E-state index contributed by atoms with van der Waals surface area (Å²) in [7, 11) is -3.19. The molecule has 4 nitrogen and oxygen atoms in total. The average Bonchev–Trinajstić information content (AvgIpc) is 3.01. The molecule has 19 heavy (non-hydrogen) atoms. The fraction of sp³-hybridized carbons (Fsp3) is 0.571. The van der Waals surface area contributed by atoms with Crippen molar-refractivity contribution < 1.29 is 13.2 Å². The Balaban J connectivity index is 1.65. The van der Waals surface area contributed by atoms with Crippen LogP contribution in [0.2, 0.25) is 0 Å². The molecule has 0 saturated carbocycles. The van der Waals surface area contributed by atoms with Crippen LogP contribution in [0.3, 0.4) is 0 Å². The first kappa shape index (κ1) is 11.9. The first-order chi connectivity index (χ1) is 9.10. The highest BCUT2D eigenvalue weighted by atomic mass is 32.2. The van der Waals surface area contributed by atoms with E-state index in [0.717, 1.165) is 18.4 Å². The predicted octanol–water partition coefficient (Wildman–Crippen LogP) is 1.52. The van der Waals surface area contributed by atoms with Gasteiger partial charge in [0.25, 0.3) is 0 Å². The van der Waals surface area contributed by atoms with Crippen LogP contribution in [0.25, 0.3) is 0 Å². The van der Waals surface area contributed by atoms with Gasteiger partial charge in [-0.2, -0.15) is 4.31 Å². The molecule has 3 aliphatic rings. The summed E-state index contributed by atoms with van der Waals surface area (Å²) in [5.41, 5.74) is 0.634. The van der Waals surface area contributed by atoms with Crippen LogP contribution in [0, 0.1) is 0 Å². The van der Waals surface area contributed by atoms with Crippen LogP contribution >= 0.6 is 0 Å². The molecule has 5 heteroatoms. The van der Waals surface area contributed by atoms with Crippen LogP contribution in [0.15, 0.2) is 30.3 Å². The third-order valence-corrected chi connectivity index (χ3v) is 7.04. The topological polar surface area (TPSA) is 46.6 Å². The maximum Gasteiger partial charge on any atom is 0.220 e. The summed E-state index contributed by atoms with van der Waals surface area (Å²) in [6, 6.07) is 9.78. The number of ether oxygens (including phenoxy) is 1. The van der Waals surface area contributed by atoms with Crippen molar-refractivity contribution in [3.8, 4) is 0 Å². The maximum atomic E-state index is 12.6. The molecule has 3 aliphatic heterocycles. The summed E-state index contributed by atoms with van der Waals surface area (Å²) in [6.45, 7) is 1.00. The molecule has 0 aromatic heterocycles. The van der Waals surface area contributed by atoms with Gasteiger partial charge in [-0.3, -0.25) is 0 Å². The van der Waals surface area contributed by atoms with Crippen molar-refractivity contribution in [3.05, 3.63) is 35.9 Å². The number of rotatable bonds is 2. The van der Waals surface area contributed by atoms with Crippen LogP contribution in [0.1, 0.15) is 24.8 Å². The minimum absolute atomic E-state index is 0.179. The lowest BCUT2D eigenvalue weighted by atomic mass is 9.88. The molecule has 1 aromatic carbocycles. The van der Waals surface area contributed by atoms with Crippen LogP contribution in [-0.2, 0) is 21.3 Å². The Morgan fingerprint density at radius 3 is 2.79 bits per heavy atom. The van der Waals surface area contributed by atoms with Crippen molar-refractivity contribution in [2.75, 3.05) is 6.54 Å². The van der Waals surface area contributed by atoms with Gasteiger partial charge in [0.1, 0.15) is 10.9 Å². The quantitative estimate of drug-likeness (QED) is 0.824. The number of benzene rings is 1. The number of hydrogen-bond donors (Lipinski definition) is 0. The minimum atomic E-state index is -3.19. The van der Waals surface area contributed by atoms with Crippen LogP contribution < -0.4 is 0 Å². The van der Waals surface area contributed by atoms with Crippen molar-refractivity contribution in [3.63, 3.8) is 0 Å². The van der Waals surface area contributed by atoms with E-state index >= 15 is 0 Å².